The molecule has 0 bridgehead atoms. The standard InChI is InChI=1S/C13H17NO3/c1-16-12(15)7-3-2-6-11-13(17-11)10-5-4-8-14-9-10/h4-5,8-9,11,13H,2-3,6-7H2,1H3. The number of hydrogen-bond donors (Lipinski definition) is 0. The summed E-state index contributed by atoms with van der Waals surface area (Å²) >= 11 is 0. The highest BCUT2D eigenvalue weighted by atomic mass is 16.6. The Morgan fingerprint density at radius 3 is 3.12 bits per heavy atom. The van der Waals surface area contributed by atoms with Crippen LogP contribution in [0.5, 0.6) is 0 Å². The third kappa shape index (κ3) is 3.53. The maximum atomic E-state index is 10.9. The van der Waals surface area contributed by atoms with E-state index in [0.29, 0.717) is 12.5 Å². The first-order chi connectivity index (χ1) is 8.31. The van der Waals surface area contributed by atoms with Gasteiger partial charge in [-0.3, -0.25) is 9.78 Å². The van der Waals surface area contributed by atoms with Crippen molar-refractivity contribution < 1.29 is 14.3 Å². The average molecular weight is 235 g/mol. The van der Waals surface area contributed by atoms with Gasteiger partial charge >= 0.3 is 5.97 Å². The molecule has 0 N–H and O–H groups in total. The molecule has 1 aliphatic heterocycles. The molecular weight excluding hydrogens is 218 g/mol. The Morgan fingerprint density at radius 2 is 2.41 bits per heavy atom. The molecule has 2 atom stereocenters. The van der Waals surface area contributed by atoms with E-state index in [4.69, 9.17) is 4.74 Å². The number of carbonyl (C=O) groups excluding carboxylic acids is 1. The van der Waals surface area contributed by atoms with Crippen molar-refractivity contribution in [3.05, 3.63) is 30.1 Å². The molecule has 1 aliphatic rings. The lowest BCUT2D eigenvalue weighted by Gasteiger charge is -1.98. The van der Waals surface area contributed by atoms with Gasteiger partial charge in [-0.1, -0.05) is 12.5 Å². The van der Waals surface area contributed by atoms with Gasteiger partial charge in [0.2, 0.25) is 0 Å². The minimum absolute atomic E-state index is 0.134. The first-order valence-electron chi connectivity index (χ1n) is 5.93. The van der Waals surface area contributed by atoms with E-state index in [1.807, 2.05) is 18.3 Å². The van der Waals surface area contributed by atoms with Gasteiger partial charge in [-0.25, -0.2) is 0 Å². The number of ether oxygens (including phenoxy) is 2. The Bertz CT molecular complexity index is 366. The first kappa shape index (κ1) is 12.0. The molecule has 1 aromatic rings. The molecule has 1 saturated heterocycles. The van der Waals surface area contributed by atoms with Gasteiger partial charge < -0.3 is 9.47 Å². The van der Waals surface area contributed by atoms with Crippen LogP contribution >= 0.6 is 0 Å². The summed E-state index contributed by atoms with van der Waals surface area (Å²) in [6.07, 6.45) is 7.48. The SMILES string of the molecule is COC(=O)CCCCC1OC1c1cccnc1. The summed E-state index contributed by atoms with van der Waals surface area (Å²) in [6, 6.07) is 3.96. The van der Waals surface area contributed by atoms with E-state index < -0.39 is 0 Å². The van der Waals surface area contributed by atoms with Crippen molar-refractivity contribution in [3.8, 4) is 0 Å². The molecule has 0 saturated carbocycles. The molecule has 4 nitrogen and oxygen atoms in total. The Morgan fingerprint density at radius 1 is 1.53 bits per heavy atom. The van der Waals surface area contributed by atoms with Gasteiger partial charge in [-0.2, -0.15) is 0 Å². The van der Waals surface area contributed by atoms with Gasteiger partial charge in [0.15, 0.2) is 0 Å². The first-order valence-corrected chi connectivity index (χ1v) is 5.93. The monoisotopic (exact) mass is 235 g/mol. The van der Waals surface area contributed by atoms with Crippen molar-refractivity contribution >= 4 is 5.97 Å². The molecule has 1 aromatic heterocycles. The van der Waals surface area contributed by atoms with Crippen LogP contribution in [0.3, 0.4) is 0 Å². The fourth-order valence-electron chi connectivity index (χ4n) is 1.92. The summed E-state index contributed by atoms with van der Waals surface area (Å²) < 4.78 is 10.2. The molecule has 0 aliphatic carbocycles. The van der Waals surface area contributed by atoms with E-state index in [-0.39, 0.29) is 12.1 Å². The van der Waals surface area contributed by atoms with E-state index in [0.717, 1.165) is 24.8 Å². The van der Waals surface area contributed by atoms with E-state index in [1.165, 1.54) is 7.11 Å². The van der Waals surface area contributed by atoms with Gasteiger partial charge in [-0.05, 0) is 18.9 Å². The number of aromatic nitrogens is 1. The molecule has 1 fully saturated rings. The molecule has 0 spiro atoms. The lowest BCUT2D eigenvalue weighted by atomic mass is 10.1. The zero-order chi connectivity index (χ0) is 12.1. The average Bonchev–Trinajstić information content (AvgIpc) is 3.15. The number of carbonyl (C=O) groups is 1. The number of rotatable bonds is 6. The molecule has 2 heterocycles. The van der Waals surface area contributed by atoms with Crippen molar-refractivity contribution in [2.24, 2.45) is 0 Å². The van der Waals surface area contributed by atoms with Crippen LogP contribution in [0.15, 0.2) is 24.5 Å². The van der Waals surface area contributed by atoms with E-state index in [2.05, 4.69) is 9.72 Å². The quantitative estimate of drug-likeness (QED) is 0.431. The topological polar surface area (TPSA) is 51.7 Å². The second-order valence-corrected chi connectivity index (χ2v) is 4.20. The number of pyridine rings is 1. The maximum absolute atomic E-state index is 10.9. The predicted octanol–water partition coefficient (Wildman–Crippen LogP) is 2.25. The van der Waals surface area contributed by atoms with Crippen molar-refractivity contribution in [2.75, 3.05) is 7.11 Å². The highest BCUT2D eigenvalue weighted by molar-refractivity contribution is 5.68. The molecule has 0 amide bonds. The number of unbranched alkanes of at least 4 members (excludes halogenated alkanes) is 1. The fraction of sp³-hybridized carbons (Fsp3) is 0.538. The van der Waals surface area contributed by atoms with E-state index in [1.54, 1.807) is 6.20 Å². The molecular formula is C13H17NO3. The molecule has 17 heavy (non-hydrogen) atoms. The molecule has 4 heteroatoms. The minimum atomic E-state index is -0.134. The third-order valence-corrected chi connectivity index (χ3v) is 2.94. The highest BCUT2D eigenvalue weighted by Gasteiger charge is 2.39. The summed E-state index contributed by atoms with van der Waals surface area (Å²) in [4.78, 5) is 15.0. The van der Waals surface area contributed by atoms with Crippen LogP contribution < -0.4 is 0 Å². The van der Waals surface area contributed by atoms with Gasteiger partial charge in [0.1, 0.15) is 6.10 Å². The van der Waals surface area contributed by atoms with Crippen LogP contribution in [0.1, 0.15) is 37.4 Å². The third-order valence-electron chi connectivity index (χ3n) is 2.94. The van der Waals surface area contributed by atoms with E-state index in [9.17, 15) is 4.79 Å². The van der Waals surface area contributed by atoms with Crippen LogP contribution in [-0.4, -0.2) is 24.2 Å². The summed E-state index contributed by atoms with van der Waals surface area (Å²) in [7, 11) is 1.42. The van der Waals surface area contributed by atoms with Gasteiger partial charge in [0.25, 0.3) is 0 Å². The second kappa shape index (κ2) is 5.77. The van der Waals surface area contributed by atoms with Gasteiger partial charge in [-0.15, -0.1) is 0 Å². The minimum Gasteiger partial charge on any atom is -0.469 e. The van der Waals surface area contributed by atoms with Crippen LogP contribution in [0.25, 0.3) is 0 Å². The Balaban J connectivity index is 1.62. The fourth-order valence-corrected chi connectivity index (χ4v) is 1.92. The summed E-state index contributed by atoms with van der Waals surface area (Å²) in [5.41, 5.74) is 1.14. The van der Waals surface area contributed by atoms with Crippen LogP contribution in [0.4, 0.5) is 0 Å². The van der Waals surface area contributed by atoms with Gasteiger partial charge in [0, 0.05) is 24.4 Å². The largest absolute Gasteiger partial charge is 0.469 e. The molecule has 92 valence electrons. The normalized spacial score (nSPS) is 22.2. The van der Waals surface area contributed by atoms with Crippen molar-refractivity contribution in [2.45, 2.75) is 37.9 Å². The Kier molecular flexibility index (Phi) is 4.09. The number of esters is 1. The molecule has 0 aromatic carbocycles. The number of hydrogen-bond acceptors (Lipinski definition) is 4. The smallest absolute Gasteiger partial charge is 0.305 e. The summed E-state index contributed by atoms with van der Waals surface area (Å²) in [5.74, 6) is -0.134. The molecule has 2 unspecified atom stereocenters. The number of nitrogens with zero attached hydrogens (tertiary/aromatic N) is 1. The van der Waals surface area contributed by atoms with Crippen LogP contribution in [0, 0.1) is 0 Å². The number of epoxide rings is 1. The molecule has 0 radical (unpaired) electrons. The van der Waals surface area contributed by atoms with Crippen molar-refractivity contribution in [1.29, 1.82) is 0 Å². The van der Waals surface area contributed by atoms with Crippen LogP contribution in [0.2, 0.25) is 0 Å². The van der Waals surface area contributed by atoms with E-state index >= 15 is 0 Å². The second-order valence-electron chi connectivity index (χ2n) is 4.20. The molecule has 2 rings (SSSR count). The zero-order valence-corrected chi connectivity index (χ0v) is 9.96. The highest BCUT2D eigenvalue weighted by Crippen LogP contribution is 2.41. The lowest BCUT2D eigenvalue weighted by Crippen LogP contribution is -1.99. The summed E-state index contributed by atoms with van der Waals surface area (Å²) in [6.45, 7) is 0. The summed E-state index contributed by atoms with van der Waals surface area (Å²) in [5, 5.41) is 0. The zero-order valence-electron chi connectivity index (χ0n) is 9.96. The van der Waals surface area contributed by atoms with Crippen LogP contribution in [-0.2, 0) is 14.3 Å². The predicted molar refractivity (Wildman–Crippen MR) is 62.3 cm³/mol. The lowest BCUT2D eigenvalue weighted by molar-refractivity contribution is -0.140. The Labute approximate surface area is 101 Å². The number of methoxy groups -OCH3 is 1. The maximum Gasteiger partial charge on any atom is 0.305 e. The van der Waals surface area contributed by atoms with Gasteiger partial charge in [0.05, 0.1) is 13.2 Å². The Hall–Kier alpha value is -1.42. The van der Waals surface area contributed by atoms with Crippen molar-refractivity contribution in [3.63, 3.8) is 0 Å². The van der Waals surface area contributed by atoms with Crippen molar-refractivity contribution in [1.82, 2.24) is 4.98 Å².